The molecule has 0 spiro atoms. The first-order valence-electron chi connectivity index (χ1n) is 7.82. The molecular weight excluding hydrogens is 448 g/mol. The van der Waals surface area contributed by atoms with Gasteiger partial charge in [0.05, 0.1) is 17.0 Å². The molecular formula is C18H14Br2N4O. The summed E-state index contributed by atoms with van der Waals surface area (Å²) < 4.78 is 2.00. The summed E-state index contributed by atoms with van der Waals surface area (Å²) in [4.78, 5) is 24.3. The molecule has 0 bridgehead atoms. The van der Waals surface area contributed by atoms with Crippen LogP contribution in [0.3, 0.4) is 0 Å². The van der Waals surface area contributed by atoms with Crippen molar-refractivity contribution >= 4 is 37.8 Å². The highest BCUT2D eigenvalue weighted by Crippen LogP contribution is 2.31. The highest BCUT2D eigenvalue weighted by molar-refractivity contribution is 9.11. The first-order valence-corrected chi connectivity index (χ1v) is 9.41. The van der Waals surface area contributed by atoms with Crippen LogP contribution in [0, 0.1) is 6.92 Å². The van der Waals surface area contributed by atoms with Gasteiger partial charge in [0, 0.05) is 39.4 Å². The number of hydrogen-bond donors (Lipinski definition) is 2. The van der Waals surface area contributed by atoms with Gasteiger partial charge in [0.2, 0.25) is 0 Å². The highest BCUT2D eigenvalue weighted by atomic mass is 79.9. The molecule has 126 valence electrons. The first kappa shape index (κ1) is 16.5. The van der Waals surface area contributed by atoms with Gasteiger partial charge >= 0.3 is 0 Å². The molecule has 1 amide bonds. The Morgan fingerprint density at radius 2 is 1.92 bits per heavy atom. The number of carbonyl (C=O) groups is 1. The normalized spacial score (nSPS) is 13.5. The maximum absolute atomic E-state index is 12.0. The van der Waals surface area contributed by atoms with Crippen LogP contribution in [0.25, 0.3) is 22.8 Å². The van der Waals surface area contributed by atoms with E-state index in [0.29, 0.717) is 17.9 Å². The van der Waals surface area contributed by atoms with Crippen LogP contribution < -0.4 is 5.32 Å². The molecule has 1 aliphatic rings. The van der Waals surface area contributed by atoms with Gasteiger partial charge in [-0.1, -0.05) is 31.9 Å². The van der Waals surface area contributed by atoms with E-state index in [0.717, 1.165) is 43.6 Å². The van der Waals surface area contributed by atoms with Crippen molar-refractivity contribution in [2.24, 2.45) is 0 Å². The van der Waals surface area contributed by atoms with E-state index in [4.69, 9.17) is 0 Å². The Bertz CT molecular complexity index is 973. The smallest absolute Gasteiger partial charge is 0.253 e. The van der Waals surface area contributed by atoms with E-state index >= 15 is 0 Å². The van der Waals surface area contributed by atoms with E-state index in [1.807, 2.05) is 31.2 Å². The molecule has 0 saturated carbocycles. The summed E-state index contributed by atoms with van der Waals surface area (Å²) in [5.41, 5.74) is 5.29. The van der Waals surface area contributed by atoms with E-state index in [-0.39, 0.29) is 5.91 Å². The van der Waals surface area contributed by atoms with Crippen molar-refractivity contribution in [1.82, 2.24) is 20.3 Å². The van der Waals surface area contributed by atoms with Gasteiger partial charge in [0.25, 0.3) is 5.91 Å². The van der Waals surface area contributed by atoms with E-state index in [1.54, 1.807) is 6.20 Å². The molecule has 0 fully saturated rings. The van der Waals surface area contributed by atoms with Crippen molar-refractivity contribution < 1.29 is 4.79 Å². The third kappa shape index (κ3) is 3.02. The summed E-state index contributed by atoms with van der Waals surface area (Å²) in [6.45, 7) is 2.69. The second-order valence-corrected chi connectivity index (χ2v) is 7.62. The number of rotatable bonds is 2. The zero-order valence-corrected chi connectivity index (χ0v) is 16.5. The van der Waals surface area contributed by atoms with Gasteiger partial charge in [0.1, 0.15) is 0 Å². The Morgan fingerprint density at radius 3 is 2.64 bits per heavy atom. The lowest BCUT2D eigenvalue weighted by Crippen LogP contribution is -2.31. The molecule has 2 N–H and O–H groups in total. The summed E-state index contributed by atoms with van der Waals surface area (Å²) in [5, 5.41) is 2.86. The average Bonchev–Trinajstić information content (AvgIpc) is 3.05. The number of nitrogens with one attached hydrogen (secondary N) is 2. The zero-order valence-electron chi connectivity index (χ0n) is 13.4. The number of H-pyrrole nitrogens is 1. The fraction of sp³-hybridized carbons (Fsp3) is 0.167. The summed E-state index contributed by atoms with van der Waals surface area (Å²) in [6.07, 6.45) is 2.54. The van der Waals surface area contributed by atoms with Gasteiger partial charge in [-0.05, 0) is 36.8 Å². The molecule has 3 aromatic rings. The maximum Gasteiger partial charge on any atom is 0.253 e. The number of amides is 1. The van der Waals surface area contributed by atoms with Crippen LogP contribution >= 0.6 is 31.9 Å². The molecule has 1 aliphatic heterocycles. The number of carbonyl (C=O) groups excluding carboxylic acids is 1. The van der Waals surface area contributed by atoms with E-state index < -0.39 is 0 Å². The Kier molecular flexibility index (Phi) is 4.21. The molecule has 25 heavy (non-hydrogen) atoms. The van der Waals surface area contributed by atoms with Gasteiger partial charge in [-0.15, -0.1) is 0 Å². The van der Waals surface area contributed by atoms with Crippen LogP contribution in [0.5, 0.6) is 0 Å². The first-order chi connectivity index (χ1) is 12.0. The van der Waals surface area contributed by atoms with Crippen LogP contribution in [-0.4, -0.2) is 27.4 Å². The van der Waals surface area contributed by atoms with Crippen LogP contribution in [0.1, 0.15) is 21.6 Å². The summed E-state index contributed by atoms with van der Waals surface area (Å²) in [6, 6.07) is 7.71. The van der Waals surface area contributed by atoms with Crippen molar-refractivity contribution in [2.45, 2.75) is 13.3 Å². The monoisotopic (exact) mass is 460 g/mol. The number of aromatic nitrogens is 3. The molecule has 1 aromatic carbocycles. The van der Waals surface area contributed by atoms with Gasteiger partial charge in [-0.25, -0.2) is 9.97 Å². The van der Waals surface area contributed by atoms with Crippen molar-refractivity contribution in [3.8, 4) is 22.8 Å². The predicted molar refractivity (Wildman–Crippen MR) is 103 cm³/mol. The topological polar surface area (TPSA) is 70.7 Å². The third-order valence-electron chi connectivity index (χ3n) is 4.28. The van der Waals surface area contributed by atoms with Crippen molar-refractivity contribution in [2.75, 3.05) is 6.54 Å². The Morgan fingerprint density at radius 1 is 1.16 bits per heavy atom. The molecule has 0 atom stereocenters. The summed E-state index contributed by atoms with van der Waals surface area (Å²) in [7, 11) is 0. The fourth-order valence-corrected chi connectivity index (χ4v) is 4.04. The highest BCUT2D eigenvalue weighted by Gasteiger charge is 2.20. The minimum atomic E-state index is -0.0376. The third-order valence-corrected chi connectivity index (χ3v) is 5.92. The lowest BCUT2D eigenvalue weighted by molar-refractivity contribution is 0.0946. The number of hydrogen-bond acceptors (Lipinski definition) is 3. The van der Waals surface area contributed by atoms with E-state index in [2.05, 4.69) is 52.1 Å². The lowest BCUT2D eigenvalue weighted by Gasteiger charge is -2.10. The van der Waals surface area contributed by atoms with Gasteiger partial charge in [-0.2, -0.15) is 0 Å². The molecule has 0 saturated heterocycles. The second kappa shape index (κ2) is 6.38. The molecule has 5 nitrogen and oxygen atoms in total. The van der Waals surface area contributed by atoms with Crippen LogP contribution in [0.2, 0.25) is 0 Å². The molecule has 4 rings (SSSR count). The minimum absolute atomic E-state index is 0.0376. The van der Waals surface area contributed by atoms with E-state index in [1.165, 1.54) is 0 Å². The van der Waals surface area contributed by atoms with Crippen LogP contribution in [0.15, 0.2) is 39.4 Å². The predicted octanol–water partition coefficient (Wildman–Crippen LogP) is 4.26. The van der Waals surface area contributed by atoms with Gasteiger partial charge < -0.3 is 10.3 Å². The van der Waals surface area contributed by atoms with Crippen molar-refractivity contribution in [3.63, 3.8) is 0 Å². The zero-order chi connectivity index (χ0) is 17.6. The largest absolute Gasteiger partial charge is 0.356 e. The molecule has 0 radical (unpaired) electrons. The number of aromatic amines is 1. The Balaban J connectivity index is 1.77. The Labute approximate surface area is 161 Å². The minimum Gasteiger partial charge on any atom is -0.356 e. The maximum atomic E-state index is 12.0. The van der Waals surface area contributed by atoms with Crippen LogP contribution in [-0.2, 0) is 6.42 Å². The number of benzene rings is 1. The SMILES string of the molecule is Cc1c(Br)cc(-c2nccc(-c3cc4c([nH]3)CCNC4=O)n2)cc1Br. The van der Waals surface area contributed by atoms with Crippen molar-refractivity contribution in [3.05, 3.63) is 56.2 Å². The van der Waals surface area contributed by atoms with Gasteiger partial charge in [-0.3, -0.25) is 4.79 Å². The second-order valence-electron chi connectivity index (χ2n) is 5.91. The van der Waals surface area contributed by atoms with Crippen LogP contribution in [0.4, 0.5) is 0 Å². The van der Waals surface area contributed by atoms with Crippen molar-refractivity contribution in [1.29, 1.82) is 0 Å². The average molecular weight is 462 g/mol. The van der Waals surface area contributed by atoms with E-state index in [9.17, 15) is 4.79 Å². The molecule has 3 heterocycles. The quantitative estimate of drug-likeness (QED) is 0.599. The summed E-state index contributed by atoms with van der Waals surface area (Å²) >= 11 is 7.13. The number of fused-ring (bicyclic) bond motifs is 1. The standard InChI is InChI=1S/C18H14Br2N4O/c1-9-12(19)6-10(7-13(9)20)17-21-4-3-15(24-17)16-8-11-14(23-16)2-5-22-18(11)25/h3-4,6-8,23H,2,5H2,1H3,(H,22,25). The van der Waals surface area contributed by atoms with Gasteiger partial charge in [0.15, 0.2) is 5.82 Å². The lowest BCUT2D eigenvalue weighted by atomic mass is 10.1. The molecule has 7 heteroatoms. The molecule has 0 unspecified atom stereocenters. The molecule has 0 aliphatic carbocycles. The number of halogens is 2. The fourth-order valence-electron chi connectivity index (χ4n) is 2.85. The molecule has 2 aromatic heterocycles. The summed E-state index contributed by atoms with van der Waals surface area (Å²) in [5.74, 6) is 0.598. The Hall–Kier alpha value is -1.99. The number of nitrogens with zero attached hydrogens (tertiary/aromatic N) is 2.